The first kappa shape index (κ1) is 14.2. The number of carbonyl (C=O) groups excluding carboxylic acids is 2. The second kappa shape index (κ2) is 6.27. The first-order valence-electron chi connectivity index (χ1n) is 6.61. The Hall–Kier alpha value is -2.24. The molecular formula is C14H19N3O3. The van der Waals surface area contributed by atoms with Gasteiger partial charge in [0, 0.05) is 24.7 Å². The highest BCUT2D eigenvalue weighted by Crippen LogP contribution is 2.21. The van der Waals surface area contributed by atoms with Crippen LogP contribution in [0.2, 0.25) is 0 Å². The van der Waals surface area contributed by atoms with Crippen molar-refractivity contribution in [2.45, 2.75) is 25.3 Å². The van der Waals surface area contributed by atoms with Crippen molar-refractivity contribution in [1.29, 1.82) is 0 Å². The van der Waals surface area contributed by atoms with Crippen LogP contribution in [0.5, 0.6) is 5.75 Å². The summed E-state index contributed by atoms with van der Waals surface area (Å²) < 4.78 is 5.11. The van der Waals surface area contributed by atoms with Gasteiger partial charge in [-0.2, -0.15) is 0 Å². The van der Waals surface area contributed by atoms with Gasteiger partial charge < -0.3 is 21.1 Å². The van der Waals surface area contributed by atoms with Crippen molar-refractivity contribution in [3.05, 3.63) is 23.8 Å². The van der Waals surface area contributed by atoms with Crippen LogP contribution >= 0.6 is 0 Å². The van der Waals surface area contributed by atoms with Crippen LogP contribution in [0.1, 0.15) is 29.6 Å². The van der Waals surface area contributed by atoms with E-state index in [9.17, 15) is 9.59 Å². The molecule has 1 fully saturated rings. The molecule has 6 nitrogen and oxygen atoms in total. The highest BCUT2D eigenvalue weighted by atomic mass is 16.5. The minimum Gasteiger partial charge on any atom is -0.496 e. The number of amides is 2. The number of ether oxygens (including phenoxy) is 1. The van der Waals surface area contributed by atoms with Crippen LogP contribution < -0.4 is 21.1 Å². The summed E-state index contributed by atoms with van der Waals surface area (Å²) in [5, 5.41) is 5.55. The van der Waals surface area contributed by atoms with Gasteiger partial charge in [0.2, 0.25) is 5.91 Å². The van der Waals surface area contributed by atoms with E-state index in [-0.39, 0.29) is 24.8 Å². The summed E-state index contributed by atoms with van der Waals surface area (Å²) in [6, 6.07) is 5.20. The molecule has 0 saturated heterocycles. The lowest BCUT2D eigenvalue weighted by molar-refractivity contribution is -0.121. The molecule has 0 unspecified atom stereocenters. The molecule has 0 spiro atoms. The van der Waals surface area contributed by atoms with E-state index in [1.807, 2.05) is 0 Å². The molecule has 0 atom stereocenters. The normalized spacial score (nSPS) is 13.7. The van der Waals surface area contributed by atoms with E-state index >= 15 is 0 Å². The molecule has 1 saturated carbocycles. The Morgan fingerprint density at radius 1 is 1.40 bits per heavy atom. The van der Waals surface area contributed by atoms with Crippen LogP contribution in [0.4, 0.5) is 5.69 Å². The first-order valence-corrected chi connectivity index (χ1v) is 6.61. The molecule has 1 aromatic carbocycles. The number of rotatable bonds is 6. The second-order valence-corrected chi connectivity index (χ2v) is 4.81. The Kier molecular flexibility index (Phi) is 4.45. The molecule has 1 aliphatic rings. The largest absolute Gasteiger partial charge is 0.496 e. The van der Waals surface area contributed by atoms with Crippen LogP contribution in [0, 0.1) is 0 Å². The number of hydrogen-bond acceptors (Lipinski definition) is 4. The van der Waals surface area contributed by atoms with Gasteiger partial charge in [0.25, 0.3) is 5.91 Å². The average Bonchev–Trinajstić information content (AvgIpc) is 3.22. The summed E-state index contributed by atoms with van der Waals surface area (Å²) in [4.78, 5) is 23.5. The van der Waals surface area contributed by atoms with Crippen molar-refractivity contribution in [3.8, 4) is 5.75 Å². The number of benzene rings is 1. The Balaban J connectivity index is 1.84. The number of nitrogen functional groups attached to an aromatic ring is 1. The summed E-state index contributed by atoms with van der Waals surface area (Å²) in [5.41, 5.74) is 6.52. The van der Waals surface area contributed by atoms with Crippen LogP contribution in [0.15, 0.2) is 18.2 Å². The summed E-state index contributed by atoms with van der Waals surface area (Å²) >= 11 is 0. The second-order valence-electron chi connectivity index (χ2n) is 4.81. The number of hydrogen-bond donors (Lipinski definition) is 3. The molecule has 108 valence electrons. The highest BCUT2D eigenvalue weighted by molar-refractivity contribution is 5.98. The Labute approximate surface area is 117 Å². The van der Waals surface area contributed by atoms with Gasteiger partial charge in [-0.3, -0.25) is 9.59 Å². The molecule has 6 heteroatoms. The third-order valence-electron chi connectivity index (χ3n) is 3.05. The number of nitrogens with one attached hydrogen (secondary N) is 2. The summed E-state index contributed by atoms with van der Waals surface area (Å²) in [6.07, 6.45) is 2.38. The van der Waals surface area contributed by atoms with Crippen molar-refractivity contribution in [2.75, 3.05) is 19.4 Å². The van der Waals surface area contributed by atoms with E-state index in [0.717, 1.165) is 12.8 Å². The van der Waals surface area contributed by atoms with Crippen molar-refractivity contribution in [3.63, 3.8) is 0 Å². The monoisotopic (exact) mass is 277 g/mol. The summed E-state index contributed by atoms with van der Waals surface area (Å²) in [5.74, 6) is 0.125. The fraction of sp³-hybridized carbons (Fsp3) is 0.429. The van der Waals surface area contributed by atoms with Gasteiger partial charge in [0.1, 0.15) is 5.75 Å². The number of carbonyl (C=O) groups is 2. The number of anilines is 1. The Bertz CT molecular complexity index is 512. The van der Waals surface area contributed by atoms with Crippen LogP contribution in [0.3, 0.4) is 0 Å². The van der Waals surface area contributed by atoms with Gasteiger partial charge in [0.05, 0.1) is 12.7 Å². The zero-order valence-corrected chi connectivity index (χ0v) is 11.4. The minimum atomic E-state index is -0.298. The number of methoxy groups -OCH3 is 1. The zero-order valence-electron chi connectivity index (χ0n) is 11.4. The molecule has 2 amide bonds. The van der Waals surface area contributed by atoms with Gasteiger partial charge in [0.15, 0.2) is 0 Å². The molecular weight excluding hydrogens is 258 g/mol. The molecule has 2 rings (SSSR count). The molecule has 4 N–H and O–H groups in total. The SMILES string of the molecule is COc1ccc(N)cc1C(=O)NCCC(=O)NC1CC1. The van der Waals surface area contributed by atoms with Gasteiger partial charge in [-0.05, 0) is 31.0 Å². The minimum absolute atomic E-state index is 0.0349. The van der Waals surface area contributed by atoms with Crippen molar-refractivity contribution >= 4 is 17.5 Å². The zero-order chi connectivity index (χ0) is 14.5. The van der Waals surface area contributed by atoms with E-state index in [1.165, 1.54) is 7.11 Å². The number of nitrogens with two attached hydrogens (primary N) is 1. The Morgan fingerprint density at radius 2 is 2.15 bits per heavy atom. The first-order chi connectivity index (χ1) is 9.60. The summed E-state index contributed by atoms with van der Waals surface area (Å²) in [7, 11) is 1.49. The predicted octanol–water partition coefficient (Wildman–Crippen LogP) is 0.676. The van der Waals surface area contributed by atoms with E-state index in [2.05, 4.69) is 10.6 Å². The standard InChI is InChI=1S/C14H19N3O3/c1-20-12-5-2-9(15)8-11(12)14(19)16-7-6-13(18)17-10-3-4-10/h2,5,8,10H,3-4,6-7,15H2,1H3,(H,16,19)(H,17,18). The Morgan fingerprint density at radius 3 is 2.80 bits per heavy atom. The summed E-state index contributed by atoms with van der Waals surface area (Å²) in [6.45, 7) is 0.287. The van der Waals surface area contributed by atoms with Gasteiger partial charge in [-0.25, -0.2) is 0 Å². The van der Waals surface area contributed by atoms with E-state index in [0.29, 0.717) is 23.0 Å². The smallest absolute Gasteiger partial charge is 0.255 e. The molecule has 0 aromatic heterocycles. The van der Waals surface area contributed by atoms with Gasteiger partial charge in [-0.1, -0.05) is 0 Å². The lowest BCUT2D eigenvalue weighted by atomic mass is 10.1. The fourth-order valence-corrected chi connectivity index (χ4v) is 1.82. The molecule has 0 radical (unpaired) electrons. The molecule has 0 bridgehead atoms. The van der Waals surface area contributed by atoms with E-state index in [1.54, 1.807) is 18.2 Å². The fourth-order valence-electron chi connectivity index (χ4n) is 1.82. The van der Waals surface area contributed by atoms with E-state index < -0.39 is 0 Å². The van der Waals surface area contributed by atoms with Gasteiger partial charge >= 0.3 is 0 Å². The highest BCUT2D eigenvalue weighted by Gasteiger charge is 2.23. The lowest BCUT2D eigenvalue weighted by Crippen LogP contribution is -2.31. The quantitative estimate of drug-likeness (QED) is 0.666. The maximum Gasteiger partial charge on any atom is 0.255 e. The molecule has 20 heavy (non-hydrogen) atoms. The maximum absolute atomic E-state index is 12.0. The molecule has 0 aliphatic heterocycles. The third-order valence-corrected chi connectivity index (χ3v) is 3.05. The van der Waals surface area contributed by atoms with Crippen molar-refractivity contribution in [2.24, 2.45) is 0 Å². The third kappa shape index (κ3) is 3.88. The molecule has 0 heterocycles. The lowest BCUT2D eigenvalue weighted by Gasteiger charge is -2.10. The van der Waals surface area contributed by atoms with Crippen LogP contribution in [-0.4, -0.2) is 31.5 Å². The van der Waals surface area contributed by atoms with E-state index in [4.69, 9.17) is 10.5 Å². The van der Waals surface area contributed by atoms with Crippen molar-refractivity contribution < 1.29 is 14.3 Å². The van der Waals surface area contributed by atoms with Gasteiger partial charge in [-0.15, -0.1) is 0 Å². The van der Waals surface area contributed by atoms with Crippen LogP contribution in [0.25, 0.3) is 0 Å². The topological polar surface area (TPSA) is 93.4 Å². The average molecular weight is 277 g/mol. The van der Waals surface area contributed by atoms with Crippen LogP contribution in [-0.2, 0) is 4.79 Å². The predicted molar refractivity (Wildman–Crippen MR) is 75.5 cm³/mol. The molecule has 1 aromatic rings. The molecule has 1 aliphatic carbocycles. The maximum atomic E-state index is 12.0. The van der Waals surface area contributed by atoms with Crippen molar-refractivity contribution in [1.82, 2.24) is 10.6 Å².